The molecule has 0 N–H and O–H groups in total. The van der Waals surface area contributed by atoms with Crippen molar-refractivity contribution in [3.05, 3.63) is 84.2 Å². The van der Waals surface area contributed by atoms with Crippen molar-refractivity contribution in [1.29, 1.82) is 0 Å². The molecule has 0 radical (unpaired) electrons. The lowest BCUT2D eigenvalue weighted by Crippen LogP contribution is -2.30. The number of fused-ring (bicyclic) bond motifs is 1. The van der Waals surface area contributed by atoms with Crippen LogP contribution < -0.4 is 0 Å². The van der Waals surface area contributed by atoms with Gasteiger partial charge < -0.3 is 0 Å². The molecule has 30 heavy (non-hydrogen) atoms. The molecule has 2 saturated carbocycles. The molecule has 0 saturated heterocycles. The standard InChI is InChI=1S/C29H35F/c1-3-5-6-7-22-9-11-23(12-10-22)26-16-17-28(29(30)20-26)27-15-14-24-18-21(4-2)8-13-25(24)19-27/h3-5,9-12,16-17,20-21,24-25,27H,2,6-8,13-15,18-19H2,1H3/b5-3+. The molecule has 0 heterocycles. The summed E-state index contributed by atoms with van der Waals surface area (Å²) < 4.78 is 15.1. The summed E-state index contributed by atoms with van der Waals surface area (Å²) in [4.78, 5) is 0. The molecule has 0 spiro atoms. The third kappa shape index (κ3) is 4.77. The zero-order valence-electron chi connectivity index (χ0n) is 18.3. The number of rotatable bonds is 6. The number of benzene rings is 2. The lowest BCUT2D eigenvalue weighted by Gasteiger charge is -2.41. The molecule has 4 rings (SSSR count). The molecule has 1 heteroatoms. The van der Waals surface area contributed by atoms with E-state index >= 15 is 4.39 Å². The first-order valence-electron chi connectivity index (χ1n) is 11.8. The maximum atomic E-state index is 15.1. The zero-order chi connectivity index (χ0) is 20.9. The van der Waals surface area contributed by atoms with Gasteiger partial charge in [0.05, 0.1) is 0 Å². The van der Waals surface area contributed by atoms with Gasteiger partial charge >= 0.3 is 0 Å². The second-order valence-corrected chi connectivity index (χ2v) is 9.38. The van der Waals surface area contributed by atoms with E-state index in [4.69, 9.17) is 0 Å². The van der Waals surface area contributed by atoms with Gasteiger partial charge in [0.2, 0.25) is 0 Å². The number of aryl methyl sites for hydroxylation is 1. The predicted molar refractivity (Wildman–Crippen MR) is 126 cm³/mol. The van der Waals surface area contributed by atoms with Crippen LogP contribution in [0.15, 0.2) is 67.3 Å². The highest BCUT2D eigenvalue weighted by Gasteiger charge is 2.35. The Hall–Kier alpha value is -2.15. The smallest absolute Gasteiger partial charge is 0.127 e. The average molecular weight is 403 g/mol. The average Bonchev–Trinajstić information content (AvgIpc) is 2.79. The minimum atomic E-state index is -0.0205. The van der Waals surface area contributed by atoms with E-state index in [1.807, 2.05) is 0 Å². The van der Waals surface area contributed by atoms with Crippen molar-refractivity contribution in [2.24, 2.45) is 17.8 Å². The van der Waals surface area contributed by atoms with Crippen LogP contribution in [-0.2, 0) is 6.42 Å². The van der Waals surface area contributed by atoms with E-state index in [1.165, 1.54) is 31.2 Å². The van der Waals surface area contributed by atoms with Crippen molar-refractivity contribution in [3.8, 4) is 11.1 Å². The molecule has 0 aliphatic heterocycles. The minimum absolute atomic E-state index is 0.0205. The highest BCUT2D eigenvalue weighted by atomic mass is 19.1. The van der Waals surface area contributed by atoms with Gasteiger partial charge in [0.25, 0.3) is 0 Å². The van der Waals surface area contributed by atoms with Crippen LogP contribution in [0.3, 0.4) is 0 Å². The van der Waals surface area contributed by atoms with Crippen LogP contribution in [0.2, 0.25) is 0 Å². The maximum absolute atomic E-state index is 15.1. The van der Waals surface area contributed by atoms with Crippen molar-refractivity contribution in [2.75, 3.05) is 0 Å². The van der Waals surface area contributed by atoms with Crippen LogP contribution in [0.1, 0.15) is 68.9 Å². The summed E-state index contributed by atoms with van der Waals surface area (Å²) in [5.41, 5.74) is 4.35. The molecule has 0 aromatic heterocycles. The third-order valence-electron chi connectivity index (χ3n) is 7.55. The molecule has 0 nitrogen and oxygen atoms in total. The van der Waals surface area contributed by atoms with Crippen molar-refractivity contribution in [1.82, 2.24) is 0 Å². The van der Waals surface area contributed by atoms with E-state index in [9.17, 15) is 0 Å². The molecule has 2 aliphatic rings. The number of halogens is 1. The molecule has 0 bridgehead atoms. The topological polar surface area (TPSA) is 0 Å². The van der Waals surface area contributed by atoms with Crippen molar-refractivity contribution >= 4 is 0 Å². The zero-order valence-corrected chi connectivity index (χ0v) is 18.3. The summed E-state index contributed by atoms with van der Waals surface area (Å²) in [7, 11) is 0. The first-order chi connectivity index (χ1) is 14.7. The summed E-state index contributed by atoms with van der Waals surface area (Å²) in [6.45, 7) is 6.05. The number of hydrogen-bond donors (Lipinski definition) is 0. The van der Waals surface area contributed by atoms with Gasteiger partial charge in [-0.2, -0.15) is 0 Å². The lowest BCUT2D eigenvalue weighted by molar-refractivity contribution is 0.132. The predicted octanol–water partition coefficient (Wildman–Crippen LogP) is 8.49. The minimum Gasteiger partial charge on any atom is -0.207 e. The van der Waals surface area contributed by atoms with Gasteiger partial charge in [0.15, 0.2) is 0 Å². The Morgan fingerprint density at radius 3 is 2.40 bits per heavy atom. The first kappa shape index (κ1) is 21.1. The van der Waals surface area contributed by atoms with Gasteiger partial charge in [-0.25, -0.2) is 4.39 Å². The third-order valence-corrected chi connectivity index (χ3v) is 7.55. The van der Waals surface area contributed by atoms with E-state index in [0.29, 0.717) is 11.8 Å². The van der Waals surface area contributed by atoms with Gasteiger partial charge in [0.1, 0.15) is 5.82 Å². The largest absolute Gasteiger partial charge is 0.207 e. The molecule has 2 aromatic rings. The second kappa shape index (κ2) is 9.77. The van der Waals surface area contributed by atoms with Crippen LogP contribution in [0.5, 0.6) is 0 Å². The van der Waals surface area contributed by atoms with E-state index in [2.05, 4.69) is 68.1 Å². The first-order valence-corrected chi connectivity index (χ1v) is 11.8. The van der Waals surface area contributed by atoms with Crippen molar-refractivity contribution < 1.29 is 4.39 Å². The van der Waals surface area contributed by atoms with E-state index < -0.39 is 0 Å². The molecule has 158 valence electrons. The van der Waals surface area contributed by atoms with Crippen LogP contribution >= 0.6 is 0 Å². The summed E-state index contributed by atoms with van der Waals surface area (Å²) in [5, 5.41) is 0. The fourth-order valence-electron chi connectivity index (χ4n) is 5.74. The highest BCUT2D eigenvalue weighted by molar-refractivity contribution is 5.64. The fraction of sp³-hybridized carbons (Fsp3) is 0.448. The summed E-state index contributed by atoms with van der Waals surface area (Å²) in [6.07, 6.45) is 15.9. The van der Waals surface area contributed by atoms with E-state index in [-0.39, 0.29) is 5.82 Å². The Bertz CT molecular complexity index is 876. The monoisotopic (exact) mass is 402 g/mol. The molecular weight excluding hydrogens is 367 g/mol. The van der Waals surface area contributed by atoms with Crippen LogP contribution in [0, 0.1) is 23.6 Å². The Morgan fingerprint density at radius 2 is 1.67 bits per heavy atom. The lowest BCUT2D eigenvalue weighted by atomic mass is 9.64. The normalized spacial score (nSPS) is 26.5. The summed E-state index contributed by atoms with van der Waals surface area (Å²) in [5.74, 6) is 2.66. The number of allylic oxidation sites excluding steroid dienone is 3. The molecule has 4 atom stereocenters. The molecular formula is C29H35F. The number of hydrogen-bond acceptors (Lipinski definition) is 0. The highest BCUT2D eigenvalue weighted by Crippen LogP contribution is 2.48. The van der Waals surface area contributed by atoms with Crippen molar-refractivity contribution in [2.45, 2.75) is 64.2 Å². The summed E-state index contributed by atoms with van der Waals surface area (Å²) >= 11 is 0. The van der Waals surface area contributed by atoms with Gasteiger partial charge in [-0.3, -0.25) is 0 Å². The second-order valence-electron chi connectivity index (χ2n) is 9.38. The molecule has 2 fully saturated rings. The van der Waals surface area contributed by atoms with Crippen LogP contribution in [-0.4, -0.2) is 0 Å². The van der Waals surface area contributed by atoms with Crippen molar-refractivity contribution in [3.63, 3.8) is 0 Å². The van der Waals surface area contributed by atoms with Crippen LogP contribution in [0.25, 0.3) is 11.1 Å². The Balaban J connectivity index is 1.43. The van der Waals surface area contributed by atoms with Crippen LogP contribution in [0.4, 0.5) is 4.39 Å². The van der Waals surface area contributed by atoms with Gasteiger partial charge in [-0.05, 0) is 110 Å². The van der Waals surface area contributed by atoms with Gasteiger partial charge in [-0.1, -0.05) is 54.6 Å². The maximum Gasteiger partial charge on any atom is 0.127 e. The van der Waals surface area contributed by atoms with E-state index in [1.54, 1.807) is 6.07 Å². The molecule has 2 aliphatic carbocycles. The Labute approximate surface area is 181 Å². The van der Waals surface area contributed by atoms with Gasteiger partial charge in [0, 0.05) is 0 Å². The summed E-state index contributed by atoms with van der Waals surface area (Å²) in [6, 6.07) is 14.5. The Kier molecular flexibility index (Phi) is 6.87. The molecule has 2 aromatic carbocycles. The quantitative estimate of drug-likeness (QED) is 0.425. The van der Waals surface area contributed by atoms with E-state index in [0.717, 1.165) is 54.2 Å². The fourth-order valence-corrected chi connectivity index (χ4v) is 5.74. The SMILES string of the molecule is C=CC1CCC2CC(c3ccc(-c4ccc(CC/C=C/C)cc4)cc3F)CCC2C1. The van der Waals surface area contributed by atoms with Gasteiger partial charge in [-0.15, -0.1) is 6.58 Å². The Morgan fingerprint density at radius 1 is 0.933 bits per heavy atom. The molecule has 0 amide bonds. The molecule has 4 unspecified atom stereocenters.